The number of ether oxygens (including phenoxy) is 1. The van der Waals surface area contributed by atoms with Crippen molar-refractivity contribution in [2.45, 2.75) is 26.5 Å². The molecule has 1 fully saturated rings. The van der Waals surface area contributed by atoms with Gasteiger partial charge in [0.25, 0.3) is 5.91 Å². The highest BCUT2D eigenvalue weighted by molar-refractivity contribution is 6.05. The van der Waals surface area contributed by atoms with Crippen LogP contribution in [0.3, 0.4) is 0 Å². The number of rotatable bonds is 4. The number of benzene rings is 2. The summed E-state index contributed by atoms with van der Waals surface area (Å²) in [4.78, 5) is 29.3. The highest BCUT2D eigenvalue weighted by Gasteiger charge is 2.33. The number of aryl methyl sites for hydroxylation is 1. The van der Waals surface area contributed by atoms with Crippen molar-refractivity contribution in [2.24, 2.45) is 0 Å². The number of nitrogens with zero attached hydrogens (tertiary/aromatic N) is 3. The fourth-order valence-corrected chi connectivity index (χ4v) is 4.35. The van der Waals surface area contributed by atoms with Crippen molar-refractivity contribution >= 4 is 34.1 Å². The molecular weight excluding hydrogens is 394 g/mol. The molecule has 1 atom stereocenters. The third kappa shape index (κ3) is 3.63. The summed E-state index contributed by atoms with van der Waals surface area (Å²) in [6.07, 6.45) is 0.0241. The molecule has 160 valence electrons. The van der Waals surface area contributed by atoms with Gasteiger partial charge in [-0.15, -0.1) is 0 Å². The summed E-state index contributed by atoms with van der Waals surface area (Å²) < 4.78 is 5.51. The van der Waals surface area contributed by atoms with Gasteiger partial charge < -0.3 is 19.9 Å². The van der Waals surface area contributed by atoms with Crippen molar-refractivity contribution in [3.63, 3.8) is 0 Å². The monoisotopic (exact) mass is 419 g/mol. The first-order chi connectivity index (χ1) is 15.0. The standard InChI is InChI=1S/C23H25N5O3/c1-14-11-27(8-9-31-14)21(29)13-28-12-16-4-3-5-19(22(16)23(28)30)24-17-6-7-18-15(2)25-26-20(18)10-17/h3-7,10,14,24H,8-9,11-13H2,1-2H3,(H,25,26)/t14-/m0/s1. The summed E-state index contributed by atoms with van der Waals surface area (Å²) in [6, 6.07) is 11.7. The molecule has 3 heterocycles. The third-order valence-corrected chi connectivity index (χ3v) is 5.97. The zero-order valence-corrected chi connectivity index (χ0v) is 17.6. The van der Waals surface area contributed by atoms with Crippen LogP contribution in [-0.4, -0.2) is 64.2 Å². The predicted molar refractivity (Wildman–Crippen MR) is 117 cm³/mol. The first kappa shape index (κ1) is 19.6. The van der Waals surface area contributed by atoms with Gasteiger partial charge >= 0.3 is 0 Å². The maximum absolute atomic E-state index is 13.2. The van der Waals surface area contributed by atoms with E-state index in [-0.39, 0.29) is 24.5 Å². The van der Waals surface area contributed by atoms with Gasteiger partial charge in [0.1, 0.15) is 6.54 Å². The lowest BCUT2D eigenvalue weighted by molar-refractivity contribution is -0.138. The van der Waals surface area contributed by atoms with Gasteiger partial charge in [0, 0.05) is 30.7 Å². The predicted octanol–water partition coefficient (Wildman–Crippen LogP) is 2.82. The van der Waals surface area contributed by atoms with Crippen LogP contribution in [0.1, 0.15) is 28.5 Å². The largest absolute Gasteiger partial charge is 0.375 e. The third-order valence-electron chi connectivity index (χ3n) is 5.97. The van der Waals surface area contributed by atoms with Gasteiger partial charge in [-0.2, -0.15) is 5.10 Å². The summed E-state index contributed by atoms with van der Waals surface area (Å²) in [5.41, 5.74) is 5.06. The average molecular weight is 419 g/mol. The van der Waals surface area contributed by atoms with E-state index in [0.29, 0.717) is 31.8 Å². The van der Waals surface area contributed by atoms with Crippen molar-refractivity contribution in [1.29, 1.82) is 0 Å². The Morgan fingerprint density at radius 2 is 2.19 bits per heavy atom. The fraction of sp³-hybridized carbons (Fsp3) is 0.348. The average Bonchev–Trinajstić information content (AvgIpc) is 3.28. The number of amides is 2. The highest BCUT2D eigenvalue weighted by Crippen LogP contribution is 2.32. The van der Waals surface area contributed by atoms with Crippen LogP contribution >= 0.6 is 0 Å². The van der Waals surface area contributed by atoms with Crippen molar-refractivity contribution in [2.75, 3.05) is 31.6 Å². The van der Waals surface area contributed by atoms with Crippen LogP contribution < -0.4 is 5.32 Å². The van der Waals surface area contributed by atoms with E-state index >= 15 is 0 Å². The molecule has 1 saturated heterocycles. The number of anilines is 2. The molecule has 2 aliphatic rings. The number of carbonyl (C=O) groups is 2. The number of aromatic amines is 1. The van der Waals surface area contributed by atoms with Crippen LogP contribution in [0.15, 0.2) is 36.4 Å². The van der Waals surface area contributed by atoms with Crippen molar-refractivity contribution in [3.05, 3.63) is 53.2 Å². The minimum Gasteiger partial charge on any atom is -0.375 e. The van der Waals surface area contributed by atoms with E-state index < -0.39 is 0 Å². The second kappa shape index (κ2) is 7.70. The van der Waals surface area contributed by atoms with E-state index in [2.05, 4.69) is 15.5 Å². The second-order valence-corrected chi connectivity index (χ2v) is 8.22. The number of morpholine rings is 1. The van der Waals surface area contributed by atoms with Crippen molar-refractivity contribution in [1.82, 2.24) is 20.0 Å². The van der Waals surface area contributed by atoms with Gasteiger partial charge in [0.2, 0.25) is 5.91 Å². The summed E-state index contributed by atoms with van der Waals surface area (Å²) >= 11 is 0. The number of H-pyrrole nitrogens is 1. The lowest BCUT2D eigenvalue weighted by Crippen LogP contribution is -2.48. The second-order valence-electron chi connectivity index (χ2n) is 8.22. The quantitative estimate of drug-likeness (QED) is 0.679. The van der Waals surface area contributed by atoms with Crippen LogP contribution in [-0.2, 0) is 16.1 Å². The lowest BCUT2D eigenvalue weighted by atomic mass is 10.1. The Balaban J connectivity index is 1.34. The molecule has 2 aliphatic heterocycles. The zero-order chi connectivity index (χ0) is 21.5. The molecule has 0 bridgehead atoms. The van der Waals surface area contributed by atoms with Gasteiger partial charge in [-0.05, 0) is 43.7 Å². The maximum atomic E-state index is 13.2. The molecule has 3 aromatic rings. The summed E-state index contributed by atoms with van der Waals surface area (Å²) in [6.45, 7) is 6.11. The first-order valence-electron chi connectivity index (χ1n) is 10.5. The Hall–Kier alpha value is -3.39. The van der Waals surface area contributed by atoms with E-state index in [9.17, 15) is 9.59 Å². The van der Waals surface area contributed by atoms with Crippen LogP contribution in [0, 0.1) is 6.92 Å². The van der Waals surface area contributed by atoms with Crippen LogP contribution in [0.5, 0.6) is 0 Å². The van der Waals surface area contributed by atoms with E-state index in [1.165, 1.54) is 0 Å². The molecular formula is C23H25N5O3. The van der Waals surface area contributed by atoms with Gasteiger partial charge in [-0.25, -0.2) is 0 Å². The van der Waals surface area contributed by atoms with Crippen molar-refractivity contribution < 1.29 is 14.3 Å². The van der Waals surface area contributed by atoms with Gasteiger partial charge in [-0.3, -0.25) is 14.7 Å². The van der Waals surface area contributed by atoms with E-state index in [0.717, 1.165) is 33.5 Å². The Morgan fingerprint density at radius 1 is 1.32 bits per heavy atom. The fourth-order valence-electron chi connectivity index (χ4n) is 4.35. The maximum Gasteiger partial charge on any atom is 0.257 e. The Bertz CT molecular complexity index is 1170. The summed E-state index contributed by atoms with van der Waals surface area (Å²) in [7, 11) is 0. The van der Waals surface area contributed by atoms with Crippen LogP contribution in [0.25, 0.3) is 10.9 Å². The minimum atomic E-state index is -0.119. The molecule has 0 spiro atoms. The molecule has 8 nitrogen and oxygen atoms in total. The highest BCUT2D eigenvalue weighted by atomic mass is 16.5. The van der Waals surface area contributed by atoms with E-state index in [1.807, 2.05) is 50.2 Å². The molecule has 8 heteroatoms. The van der Waals surface area contributed by atoms with Gasteiger partial charge in [-0.1, -0.05) is 12.1 Å². The number of carbonyl (C=O) groups excluding carboxylic acids is 2. The first-order valence-corrected chi connectivity index (χ1v) is 10.5. The van der Waals surface area contributed by atoms with Crippen molar-refractivity contribution in [3.8, 4) is 0 Å². The topological polar surface area (TPSA) is 90.6 Å². The molecule has 5 rings (SSSR count). The number of hydrogen-bond donors (Lipinski definition) is 2. The molecule has 0 radical (unpaired) electrons. The number of hydrogen-bond acceptors (Lipinski definition) is 5. The minimum absolute atomic E-state index is 0.0241. The number of nitrogens with one attached hydrogen (secondary N) is 2. The normalized spacial score (nSPS) is 18.5. The Labute approximate surface area is 180 Å². The number of fused-ring (bicyclic) bond motifs is 2. The number of aromatic nitrogens is 2. The lowest BCUT2D eigenvalue weighted by Gasteiger charge is -2.32. The molecule has 2 aromatic carbocycles. The van der Waals surface area contributed by atoms with Gasteiger partial charge in [0.15, 0.2) is 0 Å². The smallest absolute Gasteiger partial charge is 0.257 e. The molecule has 0 saturated carbocycles. The SMILES string of the molecule is Cc1n[nH]c2cc(Nc3cccc4c3C(=O)N(CC(=O)N3CCO[C@@H](C)C3)C4)ccc12. The molecule has 0 unspecified atom stereocenters. The molecule has 31 heavy (non-hydrogen) atoms. The van der Waals surface area contributed by atoms with E-state index in [4.69, 9.17) is 4.74 Å². The van der Waals surface area contributed by atoms with E-state index in [1.54, 1.807) is 9.80 Å². The van der Waals surface area contributed by atoms with Crippen LogP contribution in [0.4, 0.5) is 11.4 Å². The van der Waals surface area contributed by atoms with Crippen LogP contribution in [0.2, 0.25) is 0 Å². The zero-order valence-electron chi connectivity index (χ0n) is 17.6. The molecule has 1 aromatic heterocycles. The Kier molecular flexibility index (Phi) is 4.86. The Morgan fingerprint density at radius 3 is 3.03 bits per heavy atom. The van der Waals surface area contributed by atoms with Gasteiger partial charge in [0.05, 0.1) is 35.2 Å². The molecule has 2 N–H and O–H groups in total. The molecule has 2 amide bonds. The summed E-state index contributed by atoms with van der Waals surface area (Å²) in [5, 5.41) is 11.7. The molecule has 0 aliphatic carbocycles. The summed E-state index contributed by atoms with van der Waals surface area (Å²) in [5.74, 6) is -0.155.